The normalized spacial score (nSPS) is 17.8. The molecule has 1 aliphatic heterocycles. The summed E-state index contributed by atoms with van der Waals surface area (Å²) < 4.78 is 0. The minimum Gasteiger partial charge on any atom is -0.356 e. The maximum absolute atomic E-state index is 12.1. The summed E-state index contributed by atoms with van der Waals surface area (Å²) in [5.41, 5.74) is 2.00. The van der Waals surface area contributed by atoms with Gasteiger partial charge in [0.15, 0.2) is 0 Å². The largest absolute Gasteiger partial charge is 0.356 e. The Morgan fingerprint density at radius 1 is 1.27 bits per heavy atom. The Balaban J connectivity index is 1.41. The number of benzene rings is 1. The number of rotatable bonds is 7. The van der Waals surface area contributed by atoms with Crippen molar-refractivity contribution in [3.05, 3.63) is 48.4 Å². The SMILES string of the molecule is CN1CCC[C@@H](CCC(=O)NCCc2nccc(-c3ccccc3)n2)C1. The molecule has 0 spiro atoms. The van der Waals surface area contributed by atoms with Crippen LogP contribution in [0.2, 0.25) is 0 Å². The number of nitrogens with one attached hydrogen (secondary N) is 1. The topological polar surface area (TPSA) is 58.1 Å². The van der Waals surface area contributed by atoms with Crippen LogP contribution in [0.5, 0.6) is 0 Å². The van der Waals surface area contributed by atoms with E-state index in [1.165, 1.54) is 19.4 Å². The molecule has 1 amide bonds. The van der Waals surface area contributed by atoms with Gasteiger partial charge in [0.1, 0.15) is 5.82 Å². The first kappa shape index (κ1) is 18.5. The van der Waals surface area contributed by atoms with E-state index >= 15 is 0 Å². The fourth-order valence-electron chi connectivity index (χ4n) is 3.54. The molecule has 0 unspecified atom stereocenters. The van der Waals surface area contributed by atoms with Crippen molar-refractivity contribution in [2.45, 2.75) is 32.1 Å². The molecule has 0 radical (unpaired) electrons. The third-order valence-electron chi connectivity index (χ3n) is 4.95. The first-order valence-corrected chi connectivity index (χ1v) is 9.53. The molecule has 1 atom stereocenters. The Hall–Kier alpha value is -2.27. The van der Waals surface area contributed by atoms with E-state index in [0.717, 1.165) is 30.0 Å². The quantitative estimate of drug-likeness (QED) is 0.832. The number of amides is 1. The van der Waals surface area contributed by atoms with Gasteiger partial charge in [0.2, 0.25) is 5.91 Å². The Bertz CT molecular complexity index is 704. The summed E-state index contributed by atoms with van der Waals surface area (Å²) in [5.74, 6) is 1.56. The minimum absolute atomic E-state index is 0.137. The predicted octanol–water partition coefficient (Wildman–Crippen LogP) is 2.92. The molecule has 5 nitrogen and oxygen atoms in total. The molecular weight excluding hydrogens is 324 g/mol. The van der Waals surface area contributed by atoms with Crippen molar-refractivity contribution in [1.29, 1.82) is 0 Å². The monoisotopic (exact) mass is 352 g/mol. The van der Waals surface area contributed by atoms with Crippen LogP contribution in [0.25, 0.3) is 11.3 Å². The Morgan fingerprint density at radius 2 is 2.12 bits per heavy atom. The minimum atomic E-state index is 0.137. The van der Waals surface area contributed by atoms with Crippen molar-refractivity contribution >= 4 is 5.91 Å². The molecule has 1 N–H and O–H groups in total. The molecule has 1 aromatic heterocycles. The summed E-state index contributed by atoms with van der Waals surface area (Å²) in [4.78, 5) is 23.4. The van der Waals surface area contributed by atoms with E-state index in [1.807, 2.05) is 36.4 Å². The van der Waals surface area contributed by atoms with Gasteiger partial charge in [-0.15, -0.1) is 0 Å². The van der Waals surface area contributed by atoms with E-state index in [9.17, 15) is 4.79 Å². The van der Waals surface area contributed by atoms with Gasteiger partial charge in [-0.1, -0.05) is 30.3 Å². The van der Waals surface area contributed by atoms with Gasteiger partial charge in [0, 0.05) is 37.7 Å². The average Bonchev–Trinajstić information content (AvgIpc) is 2.67. The Kier molecular flexibility index (Phi) is 6.72. The van der Waals surface area contributed by atoms with E-state index in [1.54, 1.807) is 6.20 Å². The molecule has 138 valence electrons. The highest BCUT2D eigenvalue weighted by molar-refractivity contribution is 5.75. The average molecular weight is 352 g/mol. The van der Waals surface area contributed by atoms with Crippen LogP contribution in [0.15, 0.2) is 42.6 Å². The maximum atomic E-state index is 12.1. The van der Waals surface area contributed by atoms with Gasteiger partial charge in [-0.05, 0) is 44.8 Å². The Labute approximate surface area is 155 Å². The van der Waals surface area contributed by atoms with Crippen molar-refractivity contribution < 1.29 is 4.79 Å². The van der Waals surface area contributed by atoms with Crippen LogP contribution in [0.1, 0.15) is 31.5 Å². The van der Waals surface area contributed by atoms with Crippen LogP contribution in [0.3, 0.4) is 0 Å². The van der Waals surface area contributed by atoms with Gasteiger partial charge in [0.05, 0.1) is 5.69 Å². The third-order valence-corrected chi connectivity index (χ3v) is 4.95. The second-order valence-electron chi connectivity index (χ2n) is 7.13. The standard InChI is InChI=1S/C21H28N4O/c1-25-15-5-6-17(16-25)9-10-21(26)23-14-12-20-22-13-11-19(24-20)18-7-3-2-4-8-18/h2-4,7-8,11,13,17H,5-6,9-10,12,14-16H2,1H3,(H,23,26)/t17-/m0/s1. The first-order chi connectivity index (χ1) is 12.7. The maximum Gasteiger partial charge on any atom is 0.220 e. The fraction of sp³-hybridized carbons (Fsp3) is 0.476. The van der Waals surface area contributed by atoms with Crippen molar-refractivity contribution in [2.24, 2.45) is 5.92 Å². The number of hydrogen-bond donors (Lipinski definition) is 1. The summed E-state index contributed by atoms with van der Waals surface area (Å²) in [6.45, 7) is 2.89. The van der Waals surface area contributed by atoms with Gasteiger partial charge >= 0.3 is 0 Å². The molecule has 0 aliphatic carbocycles. The lowest BCUT2D eigenvalue weighted by Crippen LogP contribution is -2.33. The summed E-state index contributed by atoms with van der Waals surface area (Å²) in [6.07, 6.45) is 6.53. The van der Waals surface area contributed by atoms with Gasteiger partial charge in [-0.25, -0.2) is 9.97 Å². The van der Waals surface area contributed by atoms with E-state index in [4.69, 9.17) is 0 Å². The molecule has 2 heterocycles. The number of carbonyl (C=O) groups excluding carboxylic acids is 1. The lowest BCUT2D eigenvalue weighted by molar-refractivity contribution is -0.121. The number of carbonyl (C=O) groups is 1. The highest BCUT2D eigenvalue weighted by Gasteiger charge is 2.17. The van der Waals surface area contributed by atoms with Gasteiger partial charge in [-0.2, -0.15) is 0 Å². The van der Waals surface area contributed by atoms with Crippen molar-refractivity contribution in [3.8, 4) is 11.3 Å². The van der Waals surface area contributed by atoms with Crippen LogP contribution >= 0.6 is 0 Å². The van der Waals surface area contributed by atoms with Crippen molar-refractivity contribution in [2.75, 3.05) is 26.7 Å². The molecule has 2 aromatic rings. The first-order valence-electron chi connectivity index (χ1n) is 9.53. The number of piperidine rings is 1. The van der Waals surface area contributed by atoms with Gasteiger partial charge in [0.25, 0.3) is 0 Å². The summed E-state index contributed by atoms with van der Waals surface area (Å²) in [5, 5.41) is 3.01. The molecule has 5 heteroatoms. The molecule has 0 bridgehead atoms. The van der Waals surface area contributed by atoms with E-state index in [2.05, 4.69) is 27.2 Å². The van der Waals surface area contributed by atoms with Gasteiger partial charge in [-0.3, -0.25) is 4.79 Å². The fourth-order valence-corrected chi connectivity index (χ4v) is 3.54. The number of hydrogen-bond acceptors (Lipinski definition) is 4. The molecule has 0 saturated carbocycles. The zero-order valence-corrected chi connectivity index (χ0v) is 15.5. The van der Waals surface area contributed by atoms with E-state index < -0.39 is 0 Å². The highest BCUT2D eigenvalue weighted by Crippen LogP contribution is 2.19. The van der Waals surface area contributed by atoms with Crippen LogP contribution in [-0.2, 0) is 11.2 Å². The number of nitrogens with zero attached hydrogens (tertiary/aromatic N) is 3. The molecular formula is C21H28N4O. The van der Waals surface area contributed by atoms with Crippen LogP contribution in [0, 0.1) is 5.92 Å². The summed E-state index contributed by atoms with van der Waals surface area (Å²) in [6, 6.07) is 12.0. The molecule has 1 aliphatic rings. The smallest absolute Gasteiger partial charge is 0.220 e. The van der Waals surface area contributed by atoms with Crippen LogP contribution < -0.4 is 5.32 Å². The third kappa shape index (κ3) is 5.63. The Morgan fingerprint density at radius 3 is 2.92 bits per heavy atom. The molecule has 1 aromatic carbocycles. The molecule has 1 saturated heterocycles. The molecule has 26 heavy (non-hydrogen) atoms. The second-order valence-corrected chi connectivity index (χ2v) is 7.13. The molecule has 3 rings (SSSR count). The highest BCUT2D eigenvalue weighted by atomic mass is 16.1. The lowest BCUT2D eigenvalue weighted by atomic mass is 9.93. The zero-order chi connectivity index (χ0) is 18.2. The van der Waals surface area contributed by atoms with E-state index in [0.29, 0.717) is 25.3 Å². The molecule has 1 fully saturated rings. The van der Waals surface area contributed by atoms with Crippen molar-refractivity contribution in [3.63, 3.8) is 0 Å². The zero-order valence-electron chi connectivity index (χ0n) is 15.5. The second kappa shape index (κ2) is 9.43. The summed E-state index contributed by atoms with van der Waals surface area (Å²) in [7, 11) is 2.16. The van der Waals surface area contributed by atoms with Crippen LogP contribution in [-0.4, -0.2) is 47.5 Å². The summed E-state index contributed by atoms with van der Waals surface area (Å²) >= 11 is 0. The van der Waals surface area contributed by atoms with E-state index in [-0.39, 0.29) is 5.91 Å². The predicted molar refractivity (Wildman–Crippen MR) is 104 cm³/mol. The van der Waals surface area contributed by atoms with Crippen molar-refractivity contribution in [1.82, 2.24) is 20.2 Å². The van der Waals surface area contributed by atoms with Crippen LogP contribution in [0.4, 0.5) is 0 Å². The van der Waals surface area contributed by atoms with Gasteiger partial charge < -0.3 is 10.2 Å². The number of aromatic nitrogens is 2. The number of likely N-dealkylation sites (tertiary alicyclic amines) is 1. The lowest BCUT2D eigenvalue weighted by Gasteiger charge is -2.29.